The van der Waals surface area contributed by atoms with Crippen LogP contribution >= 0.6 is 0 Å². The summed E-state index contributed by atoms with van der Waals surface area (Å²) in [6.07, 6.45) is 4.19. The van der Waals surface area contributed by atoms with E-state index in [2.05, 4.69) is 5.32 Å². The molecule has 5 nitrogen and oxygen atoms in total. The molecule has 0 amide bonds. The summed E-state index contributed by atoms with van der Waals surface area (Å²) in [6, 6.07) is 7.02. The molecule has 6 heteroatoms. The van der Waals surface area contributed by atoms with Crippen LogP contribution in [0.2, 0.25) is 0 Å². The maximum absolute atomic E-state index is 12.1. The summed E-state index contributed by atoms with van der Waals surface area (Å²) in [5, 5.41) is 3.22. The number of rotatable bonds is 5. The van der Waals surface area contributed by atoms with Crippen LogP contribution in [0.5, 0.6) is 0 Å². The summed E-state index contributed by atoms with van der Waals surface area (Å²) >= 11 is 0. The zero-order valence-corrected chi connectivity index (χ0v) is 13.7. The van der Waals surface area contributed by atoms with Gasteiger partial charge in [-0.1, -0.05) is 19.1 Å². The first kappa shape index (κ1) is 15.8. The Bertz CT molecular complexity index is 623. The second kappa shape index (κ2) is 6.18. The summed E-state index contributed by atoms with van der Waals surface area (Å²) in [4.78, 5) is 0.354. The van der Waals surface area contributed by atoms with Crippen molar-refractivity contribution in [2.24, 2.45) is 0 Å². The first-order valence-electron chi connectivity index (χ1n) is 7.92. The summed E-state index contributed by atoms with van der Waals surface area (Å²) in [5.41, 5.74) is 0.639. The molecule has 2 aliphatic rings. The number of hydrogen-bond acceptors (Lipinski definition) is 5. The zero-order chi connectivity index (χ0) is 15.6. The van der Waals surface area contributed by atoms with Crippen molar-refractivity contribution < 1.29 is 17.9 Å². The smallest absolute Gasteiger partial charge is 0.180 e. The van der Waals surface area contributed by atoms with E-state index in [0.29, 0.717) is 23.7 Å². The molecule has 1 aromatic rings. The van der Waals surface area contributed by atoms with E-state index in [4.69, 9.17) is 9.47 Å². The Kier molecular flexibility index (Phi) is 4.43. The Morgan fingerprint density at radius 3 is 2.73 bits per heavy atom. The van der Waals surface area contributed by atoms with Gasteiger partial charge in [0.15, 0.2) is 15.6 Å². The maximum Gasteiger partial charge on any atom is 0.180 e. The molecule has 122 valence electrons. The van der Waals surface area contributed by atoms with Crippen molar-refractivity contribution in [3.05, 3.63) is 24.3 Å². The summed E-state index contributed by atoms with van der Waals surface area (Å²) in [6.45, 7) is 2.78. The third-order valence-electron chi connectivity index (χ3n) is 4.40. The predicted octanol–water partition coefficient (Wildman–Crippen LogP) is 2.58. The van der Waals surface area contributed by atoms with Crippen molar-refractivity contribution in [3.8, 4) is 0 Å². The van der Waals surface area contributed by atoms with Gasteiger partial charge in [-0.25, -0.2) is 8.42 Å². The third kappa shape index (κ3) is 3.14. The molecule has 0 radical (unpaired) electrons. The van der Waals surface area contributed by atoms with E-state index in [1.807, 2.05) is 6.07 Å². The Morgan fingerprint density at radius 2 is 2.00 bits per heavy atom. The molecule has 1 aliphatic heterocycles. The molecule has 1 saturated heterocycles. The van der Waals surface area contributed by atoms with Gasteiger partial charge >= 0.3 is 0 Å². The van der Waals surface area contributed by atoms with Crippen LogP contribution in [0.3, 0.4) is 0 Å². The molecular formula is C16H23NO4S. The highest BCUT2D eigenvalue weighted by Crippen LogP contribution is 2.39. The van der Waals surface area contributed by atoms with Crippen LogP contribution in [-0.2, 0) is 19.3 Å². The standard InChI is InChI=1S/C16H23NO4S/c1-2-22(18,19)15-8-4-3-7-14(15)17-11-13-12-20-16(21-13)9-5-6-10-16/h3-4,7-8,13,17H,2,5-6,9-12H2,1H3/t13-/m0/s1. The number of benzene rings is 1. The lowest BCUT2D eigenvalue weighted by atomic mass is 10.2. The second-order valence-electron chi connectivity index (χ2n) is 5.95. The van der Waals surface area contributed by atoms with Crippen LogP contribution in [0.25, 0.3) is 0 Å². The van der Waals surface area contributed by atoms with Crippen molar-refractivity contribution in [2.45, 2.75) is 49.4 Å². The molecule has 1 heterocycles. The van der Waals surface area contributed by atoms with E-state index >= 15 is 0 Å². The monoisotopic (exact) mass is 325 g/mol. The summed E-state index contributed by atoms with van der Waals surface area (Å²) in [7, 11) is -3.23. The lowest BCUT2D eigenvalue weighted by Gasteiger charge is -2.22. The van der Waals surface area contributed by atoms with Gasteiger partial charge in [-0.2, -0.15) is 0 Å². The van der Waals surface area contributed by atoms with Gasteiger partial charge in [0.05, 0.1) is 22.9 Å². The molecule has 1 aromatic carbocycles. The van der Waals surface area contributed by atoms with E-state index in [9.17, 15) is 8.42 Å². The highest BCUT2D eigenvalue weighted by molar-refractivity contribution is 7.91. The number of anilines is 1. The topological polar surface area (TPSA) is 64.6 Å². The SMILES string of the molecule is CCS(=O)(=O)c1ccccc1NC[C@H]1COC2(CCCC2)O1. The van der Waals surface area contributed by atoms with E-state index < -0.39 is 9.84 Å². The molecule has 0 aromatic heterocycles. The van der Waals surface area contributed by atoms with Gasteiger partial charge in [-0.15, -0.1) is 0 Å². The summed E-state index contributed by atoms with van der Waals surface area (Å²) in [5.74, 6) is -0.279. The van der Waals surface area contributed by atoms with Gasteiger partial charge in [0, 0.05) is 19.4 Å². The van der Waals surface area contributed by atoms with Crippen molar-refractivity contribution in [1.82, 2.24) is 0 Å². The number of para-hydroxylation sites is 1. The normalized spacial score (nSPS) is 24.0. The van der Waals surface area contributed by atoms with Crippen molar-refractivity contribution >= 4 is 15.5 Å². The quantitative estimate of drug-likeness (QED) is 0.901. The molecule has 1 saturated carbocycles. The van der Waals surface area contributed by atoms with Crippen LogP contribution in [0.1, 0.15) is 32.6 Å². The van der Waals surface area contributed by atoms with Gasteiger partial charge in [0.1, 0.15) is 6.10 Å². The van der Waals surface area contributed by atoms with Crippen LogP contribution in [0, 0.1) is 0 Å². The lowest BCUT2D eigenvalue weighted by Crippen LogP contribution is -2.29. The van der Waals surface area contributed by atoms with E-state index in [1.165, 1.54) is 0 Å². The number of ether oxygens (including phenoxy) is 2. The molecule has 1 spiro atoms. The van der Waals surface area contributed by atoms with Crippen LogP contribution in [0.15, 0.2) is 29.2 Å². The Hall–Kier alpha value is -1.11. The Balaban J connectivity index is 1.65. The minimum atomic E-state index is -3.23. The number of nitrogens with one attached hydrogen (secondary N) is 1. The van der Waals surface area contributed by atoms with Gasteiger partial charge in [0.25, 0.3) is 0 Å². The van der Waals surface area contributed by atoms with E-state index in [0.717, 1.165) is 25.7 Å². The fraction of sp³-hybridized carbons (Fsp3) is 0.625. The van der Waals surface area contributed by atoms with Crippen molar-refractivity contribution in [1.29, 1.82) is 0 Å². The first-order valence-corrected chi connectivity index (χ1v) is 9.57. The number of hydrogen-bond donors (Lipinski definition) is 1. The van der Waals surface area contributed by atoms with Gasteiger partial charge in [-0.05, 0) is 25.0 Å². The Labute approximate surface area is 131 Å². The van der Waals surface area contributed by atoms with E-state index in [1.54, 1.807) is 25.1 Å². The van der Waals surface area contributed by atoms with Crippen LogP contribution < -0.4 is 5.32 Å². The Morgan fingerprint density at radius 1 is 1.27 bits per heavy atom. The zero-order valence-electron chi connectivity index (χ0n) is 12.9. The average molecular weight is 325 g/mol. The molecular weight excluding hydrogens is 302 g/mol. The van der Waals surface area contributed by atoms with Crippen LogP contribution in [0.4, 0.5) is 5.69 Å². The van der Waals surface area contributed by atoms with E-state index in [-0.39, 0.29) is 17.6 Å². The predicted molar refractivity (Wildman–Crippen MR) is 84.7 cm³/mol. The van der Waals surface area contributed by atoms with Crippen LogP contribution in [-0.4, -0.2) is 39.2 Å². The highest BCUT2D eigenvalue weighted by Gasteiger charge is 2.43. The minimum absolute atomic E-state index is 0.0320. The molecule has 1 N–H and O–H groups in total. The molecule has 2 fully saturated rings. The molecule has 3 rings (SSSR count). The van der Waals surface area contributed by atoms with Gasteiger partial charge in [-0.3, -0.25) is 0 Å². The maximum atomic E-state index is 12.1. The fourth-order valence-corrected chi connectivity index (χ4v) is 4.23. The number of sulfone groups is 1. The largest absolute Gasteiger partial charge is 0.381 e. The van der Waals surface area contributed by atoms with Gasteiger partial charge < -0.3 is 14.8 Å². The molecule has 0 unspecified atom stereocenters. The molecule has 1 atom stereocenters. The first-order chi connectivity index (χ1) is 10.5. The highest BCUT2D eigenvalue weighted by atomic mass is 32.2. The lowest BCUT2D eigenvalue weighted by molar-refractivity contribution is -0.160. The molecule has 0 bridgehead atoms. The molecule has 22 heavy (non-hydrogen) atoms. The third-order valence-corrected chi connectivity index (χ3v) is 6.19. The van der Waals surface area contributed by atoms with Crippen molar-refractivity contribution in [3.63, 3.8) is 0 Å². The second-order valence-corrected chi connectivity index (χ2v) is 8.20. The minimum Gasteiger partial charge on any atom is -0.381 e. The fourth-order valence-electron chi connectivity index (χ4n) is 3.16. The summed E-state index contributed by atoms with van der Waals surface area (Å²) < 4.78 is 36.1. The molecule has 1 aliphatic carbocycles. The average Bonchev–Trinajstić information content (AvgIpc) is 3.16. The van der Waals surface area contributed by atoms with Gasteiger partial charge in [0.2, 0.25) is 0 Å². The van der Waals surface area contributed by atoms with Crippen molar-refractivity contribution in [2.75, 3.05) is 24.2 Å².